The molecule has 1 aromatic rings. The van der Waals surface area contributed by atoms with E-state index in [-0.39, 0.29) is 12.3 Å². The SMILES string of the molecule is Cc1cc([N+](=O)[O-])cnc1NC(C)(C)CO. The molecule has 1 rings (SSSR count). The van der Waals surface area contributed by atoms with Crippen molar-refractivity contribution < 1.29 is 10.0 Å². The van der Waals surface area contributed by atoms with Crippen LogP contribution in [0.1, 0.15) is 19.4 Å². The lowest BCUT2D eigenvalue weighted by atomic mass is 10.1. The molecule has 0 unspecified atom stereocenters. The number of aliphatic hydroxyl groups is 1. The van der Waals surface area contributed by atoms with Gasteiger partial charge in [-0.2, -0.15) is 0 Å². The van der Waals surface area contributed by atoms with E-state index in [1.807, 2.05) is 13.8 Å². The van der Waals surface area contributed by atoms with Gasteiger partial charge in [-0.25, -0.2) is 4.98 Å². The zero-order valence-corrected chi connectivity index (χ0v) is 9.52. The molecule has 0 aliphatic rings. The number of nitrogens with one attached hydrogen (secondary N) is 1. The molecule has 0 bridgehead atoms. The number of nitro groups is 1. The van der Waals surface area contributed by atoms with Gasteiger partial charge in [-0.15, -0.1) is 0 Å². The summed E-state index contributed by atoms with van der Waals surface area (Å²) in [4.78, 5) is 14.0. The zero-order chi connectivity index (χ0) is 12.3. The molecule has 0 spiro atoms. The molecule has 2 N–H and O–H groups in total. The Labute approximate surface area is 93.5 Å². The number of rotatable bonds is 4. The molecule has 1 heterocycles. The fourth-order valence-electron chi connectivity index (χ4n) is 1.15. The largest absolute Gasteiger partial charge is 0.394 e. The maximum absolute atomic E-state index is 10.5. The summed E-state index contributed by atoms with van der Waals surface area (Å²) in [5, 5.41) is 22.6. The van der Waals surface area contributed by atoms with E-state index in [1.165, 1.54) is 12.3 Å². The van der Waals surface area contributed by atoms with E-state index in [0.29, 0.717) is 11.4 Å². The lowest BCUT2D eigenvalue weighted by molar-refractivity contribution is -0.385. The lowest BCUT2D eigenvalue weighted by Gasteiger charge is -2.24. The van der Waals surface area contributed by atoms with E-state index in [1.54, 1.807) is 6.92 Å². The van der Waals surface area contributed by atoms with Crippen LogP contribution < -0.4 is 5.32 Å². The molecule has 0 aromatic carbocycles. The van der Waals surface area contributed by atoms with E-state index < -0.39 is 10.5 Å². The molecule has 88 valence electrons. The number of aliphatic hydroxyl groups excluding tert-OH is 1. The van der Waals surface area contributed by atoms with Gasteiger partial charge in [0.05, 0.1) is 17.1 Å². The quantitative estimate of drug-likeness (QED) is 0.598. The number of aromatic nitrogens is 1. The second-order valence-corrected chi connectivity index (χ2v) is 4.28. The van der Waals surface area contributed by atoms with Gasteiger partial charge in [-0.05, 0) is 26.3 Å². The number of aryl methyl sites for hydroxylation is 1. The molecule has 6 nitrogen and oxygen atoms in total. The summed E-state index contributed by atoms with van der Waals surface area (Å²) in [6, 6.07) is 1.45. The van der Waals surface area contributed by atoms with Gasteiger partial charge >= 0.3 is 0 Å². The van der Waals surface area contributed by atoms with Gasteiger partial charge in [0, 0.05) is 6.07 Å². The van der Waals surface area contributed by atoms with Gasteiger partial charge in [0.15, 0.2) is 0 Å². The first-order chi connectivity index (χ1) is 7.35. The van der Waals surface area contributed by atoms with E-state index in [9.17, 15) is 10.1 Å². The van der Waals surface area contributed by atoms with Gasteiger partial charge in [0.25, 0.3) is 5.69 Å². The minimum atomic E-state index is -0.506. The third-order valence-corrected chi connectivity index (χ3v) is 2.13. The van der Waals surface area contributed by atoms with E-state index in [4.69, 9.17) is 5.11 Å². The van der Waals surface area contributed by atoms with Crippen LogP contribution in [0.3, 0.4) is 0 Å². The summed E-state index contributed by atoms with van der Waals surface area (Å²) in [6.45, 7) is 5.31. The molecular formula is C10H15N3O3. The van der Waals surface area contributed by atoms with E-state index in [2.05, 4.69) is 10.3 Å². The summed E-state index contributed by atoms with van der Waals surface area (Å²) in [5.74, 6) is 0.546. The first-order valence-corrected chi connectivity index (χ1v) is 4.86. The van der Waals surface area contributed by atoms with Crippen molar-refractivity contribution in [3.8, 4) is 0 Å². The molecule has 0 aliphatic carbocycles. The summed E-state index contributed by atoms with van der Waals surface area (Å²) in [6.07, 6.45) is 1.20. The summed E-state index contributed by atoms with van der Waals surface area (Å²) >= 11 is 0. The maximum Gasteiger partial charge on any atom is 0.287 e. The van der Waals surface area contributed by atoms with Crippen LogP contribution >= 0.6 is 0 Å². The topological polar surface area (TPSA) is 88.3 Å². The fourth-order valence-corrected chi connectivity index (χ4v) is 1.15. The normalized spacial score (nSPS) is 11.2. The Balaban J connectivity index is 2.96. The van der Waals surface area contributed by atoms with Crippen LogP contribution in [-0.4, -0.2) is 27.2 Å². The Kier molecular flexibility index (Phi) is 3.44. The van der Waals surface area contributed by atoms with Gasteiger partial charge in [-0.3, -0.25) is 10.1 Å². The van der Waals surface area contributed by atoms with Crippen molar-refractivity contribution in [3.63, 3.8) is 0 Å². The average Bonchev–Trinajstić information content (AvgIpc) is 2.20. The average molecular weight is 225 g/mol. The zero-order valence-electron chi connectivity index (χ0n) is 9.52. The van der Waals surface area contributed by atoms with Crippen molar-refractivity contribution in [2.45, 2.75) is 26.3 Å². The van der Waals surface area contributed by atoms with Gasteiger partial charge < -0.3 is 10.4 Å². The van der Waals surface area contributed by atoms with Crippen molar-refractivity contribution in [1.82, 2.24) is 4.98 Å². The van der Waals surface area contributed by atoms with Gasteiger partial charge in [0.1, 0.15) is 12.0 Å². The number of nitrogens with zero attached hydrogens (tertiary/aromatic N) is 2. The smallest absolute Gasteiger partial charge is 0.287 e. The van der Waals surface area contributed by atoms with Crippen LogP contribution in [0.5, 0.6) is 0 Å². The van der Waals surface area contributed by atoms with E-state index >= 15 is 0 Å². The number of pyridine rings is 1. The Morgan fingerprint density at radius 3 is 2.69 bits per heavy atom. The van der Waals surface area contributed by atoms with Crippen LogP contribution in [-0.2, 0) is 0 Å². The summed E-state index contributed by atoms with van der Waals surface area (Å²) in [7, 11) is 0. The minimum absolute atomic E-state index is 0.0372. The third-order valence-electron chi connectivity index (χ3n) is 2.13. The molecule has 0 amide bonds. The lowest BCUT2D eigenvalue weighted by Crippen LogP contribution is -2.35. The highest BCUT2D eigenvalue weighted by molar-refractivity contribution is 5.49. The number of anilines is 1. The van der Waals surface area contributed by atoms with Crippen molar-refractivity contribution in [3.05, 3.63) is 27.9 Å². The number of hydrogen-bond donors (Lipinski definition) is 2. The standard InChI is InChI=1S/C10H15N3O3/c1-7-4-8(13(15)16)5-11-9(7)12-10(2,3)6-14/h4-5,14H,6H2,1-3H3,(H,11,12). The van der Waals surface area contributed by atoms with Gasteiger partial charge in [-0.1, -0.05) is 0 Å². The molecule has 0 atom stereocenters. The maximum atomic E-state index is 10.5. The highest BCUT2D eigenvalue weighted by atomic mass is 16.6. The molecule has 0 aliphatic heterocycles. The molecule has 0 fully saturated rings. The van der Waals surface area contributed by atoms with Crippen molar-refractivity contribution >= 4 is 11.5 Å². The first kappa shape index (κ1) is 12.4. The minimum Gasteiger partial charge on any atom is -0.394 e. The van der Waals surface area contributed by atoms with Crippen LogP contribution in [0.15, 0.2) is 12.3 Å². The summed E-state index contributed by atoms with van der Waals surface area (Å²) < 4.78 is 0. The van der Waals surface area contributed by atoms with Gasteiger partial charge in [0.2, 0.25) is 0 Å². The molecule has 16 heavy (non-hydrogen) atoms. The Bertz CT molecular complexity index is 404. The predicted molar refractivity (Wildman–Crippen MR) is 60.4 cm³/mol. The summed E-state index contributed by atoms with van der Waals surface area (Å²) in [5.41, 5.74) is 0.133. The van der Waals surface area contributed by atoms with Crippen LogP contribution in [0.25, 0.3) is 0 Å². The number of hydrogen-bond acceptors (Lipinski definition) is 5. The third kappa shape index (κ3) is 2.90. The fraction of sp³-hybridized carbons (Fsp3) is 0.500. The molecule has 0 saturated carbocycles. The Morgan fingerprint density at radius 1 is 1.62 bits per heavy atom. The molecule has 0 saturated heterocycles. The second kappa shape index (κ2) is 4.44. The molecular weight excluding hydrogens is 210 g/mol. The van der Waals surface area contributed by atoms with E-state index in [0.717, 1.165) is 0 Å². The van der Waals surface area contributed by atoms with Crippen LogP contribution in [0.4, 0.5) is 11.5 Å². The first-order valence-electron chi connectivity index (χ1n) is 4.86. The van der Waals surface area contributed by atoms with Crippen LogP contribution in [0, 0.1) is 17.0 Å². The molecule has 0 radical (unpaired) electrons. The second-order valence-electron chi connectivity index (χ2n) is 4.28. The van der Waals surface area contributed by atoms with Crippen molar-refractivity contribution in [2.24, 2.45) is 0 Å². The Hall–Kier alpha value is -1.69. The monoisotopic (exact) mass is 225 g/mol. The van der Waals surface area contributed by atoms with Crippen molar-refractivity contribution in [1.29, 1.82) is 0 Å². The van der Waals surface area contributed by atoms with Crippen LogP contribution in [0.2, 0.25) is 0 Å². The molecule has 1 aromatic heterocycles. The molecule has 6 heteroatoms. The highest BCUT2D eigenvalue weighted by Gasteiger charge is 2.18. The van der Waals surface area contributed by atoms with Crippen molar-refractivity contribution in [2.75, 3.05) is 11.9 Å². The highest BCUT2D eigenvalue weighted by Crippen LogP contribution is 2.20. The predicted octanol–water partition coefficient (Wildman–Crippen LogP) is 1.48. The Morgan fingerprint density at radius 2 is 2.25 bits per heavy atom.